The van der Waals surface area contributed by atoms with Crippen LogP contribution in [0.3, 0.4) is 0 Å². The number of primary amides is 1. The lowest BCUT2D eigenvalue weighted by Crippen LogP contribution is -2.62. The molecule has 40 nitrogen and oxygen atoms in total. The normalized spacial score (nSPS) is 24.8. The molecule has 0 radical (unpaired) electrons. The number of aliphatic imine (C=N–C) groups is 1. The number of hydrogen-bond donors (Lipinski definition) is 19. The summed E-state index contributed by atoms with van der Waals surface area (Å²) < 4.78 is 0. The zero-order chi connectivity index (χ0) is 87.8. The maximum atomic E-state index is 15.0. The number of aliphatic hydroxyl groups excluding tert-OH is 1. The number of rotatable bonds is 20. The van der Waals surface area contributed by atoms with Gasteiger partial charge in [-0.3, -0.25) is 81.7 Å². The van der Waals surface area contributed by atoms with E-state index in [1.165, 1.54) is 49.9 Å². The minimum Gasteiger partial charge on any atom is -0.508 e. The van der Waals surface area contributed by atoms with Gasteiger partial charge < -0.3 is 107 Å². The highest BCUT2D eigenvalue weighted by Gasteiger charge is 2.42. The molecule has 0 spiro atoms. The van der Waals surface area contributed by atoms with Gasteiger partial charge in [-0.25, -0.2) is 15.0 Å². The Morgan fingerprint density at radius 3 is 1.79 bits per heavy atom. The van der Waals surface area contributed by atoms with Crippen LogP contribution in [0, 0.1) is 17.3 Å². The summed E-state index contributed by atoms with van der Waals surface area (Å²) in [4.78, 5) is 245. The quantitative estimate of drug-likeness (QED) is 0.0340. The average molecular weight is 1710 g/mol. The Hall–Kier alpha value is -10.2. The van der Waals surface area contributed by atoms with Crippen molar-refractivity contribution in [1.82, 2.24) is 94.3 Å². The fourth-order valence-corrected chi connectivity index (χ4v) is 15.2. The van der Waals surface area contributed by atoms with Gasteiger partial charge in [0, 0.05) is 56.7 Å². The number of hydrogen-bond acceptors (Lipinski definition) is 25. The molecule has 2 aromatic rings. The van der Waals surface area contributed by atoms with Crippen molar-refractivity contribution in [3.8, 4) is 5.75 Å². The van der Waals surface area contributed by atoms with Crippen molar-refractivity contribution in [2.75, 3.05) is 43.4 Å². The molecular weight excluding hydrogens is 1590 g/mol. The number of nitrogens with two attached hydrogens (primary N) is 3. The Morgan fingerprint density at radius 1 is 0.644 bits per heavy atom. The second-order valence-electron chi connectivity index (χ2n) is 31.2. The van der Waals surface area contributed by atoms with Crippen LogP contribution in [0.2, 0.25) is 0 Å². The second kappa shape index (κ2) is 48.0. The fourth-order valence-electron chi connectivity index (χ4n) is 12.5. The number of nitrogens with zero attached hydrogens (tertiary/aromatic N) is 5. The highest BCUT2D eigenvalue weighted by molar-refractivity contribution is 7.99. The van der Waals surface area contributed by atoms with E-state index in [0.29, 0.717) is 31.4 Å². The molecule has 1 aromatic carbocycles. The molecule has 4 bridgehead atoms. The number of aliphatic hydroxyl groups is 1. The highest BCUT2D eigenvalue weighted by atomic mass is 32.2. The smallest absolute Gasteiger partial charge is 0.246 e. The van der Waals surface area contributed by atoms with Gasteiger partial charge in [0.05, 0.1) is 29.9 Å². The lowest BCUT2D eigenvalue weighted by Gasteiger charge is -2.30. The molecule has 16 amide bonds. The van der Waals surface area contributed by atoms with Crippen LogP contribution in [0.5, 0.6) is 5.75 Å². The highest BCUT2D eigenvalue weighted by Crippen LogP contribution is 2.26. The van der Waals surface area contributed by atoms with Crippen molar-refractivity contribution in [3.63, 3.8) is 0 Å². The zero-order valence-corrected chi connectivity index (χ0v) is 71.3. The number of fused-ring (bicyclic) bond motifs is 6. The first-order valence-corrected chi connectivity index (χ1v) is 42.7. The average Bonchev–Trinajstić information content (AvgIpc) is 1.61. The summed E-state index contributed by atoms with van der Waals surface area (Å²) in [5, 5.41) is 58.0. The van der Waals surface area contributed by atoms with Crippen LogP contribution in [0.25, 0.3) is 0 Å². The van der Waals surface area contributed by atoms with Crippen molar-refractivity contribution in [3.05, 3.63) is 47.3 Å². The molecular formula is C75H118N22O18S3. The van der Waals surface area contributed by atoms with E-state index in [1.807, 2.05) is 0 Å². The summed E-state index contributed by atoms with van der Waals surface area (Å²) in [5.74, 6) is -15.5. The van der Waals surface area contributed by atoms with Crippen LogP contribution in [-0.4, -0.2) is 259 Å². The first kappa shape index (κ1) is 98.4. The summed E-state index contributed by atoms with van der Waals surface area (Å²) in [5.41, 5.74) is 16.7. The van der Waals surface area contributed by atoms with Gasteiger partial charge in [-0.1, -0.05) is 67.5 Å². The van der Waals surface area contributed by atoms with Gasteiger partial charge in [-0.15, -0.1) is 0 Å². The summed E-state index contributed by atoms with van der Waals surface area (Å²) in [6.07, 6.45) is -0.770. The van der Waals surface area contributed by atoms with Crippen LogP contribution < -0.4 is 91.6 Å². The molecule has 4 heterocycles. The van der Waals surface area contributed by atoms with E-state index >= 15 is 4.79 Å². The minimum absolute atomic E-state index is 0.0354. The number of phenolic OH excluding ortho intramolecular Hbond substituents is 1. The van der Waals surface area contributed by atoms with E-state index in [-0.39, 0.29) is 134 Å². The van der Waals surface area contributed by atoms with Crippen molar-refractivity contribution < 1.29 is 86.9 Å². The van der Waals surface area contributed by atoms with Crippen LogP contribution in [0.1, 0.15) is 164 Å². The molecule has 3 aliphatic heterocycles. The van der Waals surface area contributed by atoms with E-state index in [1.54, 1.807) is 55.4 Å². The third-order valence-electron chi connectivity index (χ3n) is 18.7. The van der Waals surface area contributed by atoms with Crippen LogP contribution in [0.4, 0.5) is 0 Å². The number of carbonyl (C=O) groups excluding carboxylic acids is 16. The van der Waals surface area contributed by atoms with Crippen LogP contribution in [0.15, 0.2) is 29.3 Å². The van der Waals surface area contributed by atoms with Crippen molar-refractivity contribution in [2.45, 2.75) is 249 Å². The molecule has 14 atom stereocenters. The number of unbranched alkanes of at least 4 members (excludes halogenated alkanes) is 1. The molecule has 118 heavy (non-hydrogen) atoms. The number of aromatic hydroxyl groups is 1. The number of carbonyl (C=O) groups is 16. The number of aromatic nitrogens is 3. The van der Waals surface area contributed by atoms with E-state index in [9.17, 15) is 82.1 Å². The Bertz CT molecular complexity index is 3910. The first-order chi connectivity index (χ1) is 55.5. The van der Waals surface area contributed by atoms with E-state index < -0.39 is 191 Å². The topological polar surface area (TPSA) is 614 Å². The second-order valence-corrected chi connectivity index (χ2v) is 34.2. The third kappa shape index (κ3) is 33.7. The van der Waals surface area contributed by atoms with Gasteiger partial charge in [-0.05, 0) is 107 Å². The summed E-state index contributed by atoms with van der Waals surface area (Å²) in [6, 6.07) is -13.0. The molecule has 1 aromatic heterocycles. The molecule has 654 valence electrons. The molecule has 1 saturated heterocycles. The predicted octanol–water partition coefficient (Wildman–Crippen LogP) is -4.10. The number of phenols is 1. The standard InChI is InChI=1S/C75H118N22O18S3/c1-13-57(101)79-24-15-14-17-45(61(76)103)86-68(110)50-31-116-34-54-92-55-35-117-32-51(69(111)87-47(27-37(2)3)65(107)89-49(67(109)90-50)29-75(10,11)12)91-72(114)60(41(8)98)96-63(105)40(7)82-64(106)46(23-25-80-74(77)78)85-58(102)30-81-62(104)39(6)83-71(113)59(38(4)5)95-66(108)48(28-43-19-21-44(100)22-20-43)88-70(112)53-18-16-26-97(53)73(115)52(84-42(9)99)33-118-36-56(93-54)94-55/h19-22,37-41,45-53,59-60,98,100H,13-18,23-36H2,1-12H3,(H2,76,103)(H,79,101)(H,81,104)(H,82,106)(H,83,113)(H,84,99)(H,85,102)(H,86,110)(H,87,111)(H,88,112)(H,89,107)(H,90,109)(H,91,114)(H,95,108)(H,96,105)(H4,77,78,80)/t39-,40+,41+,45-,46-,47-,48-,49-,50-,51-,52-,53-,59-,60-/m0/s1. The molecule has 43 heteroatoms. The van der Waals surface area contributed by atoms with Crippen molar-refractivity contribution in [2.24, 2.45) is 39.4 Å². The predicted molar refractivity (Wildman–Crippen MR) is 440 cm³/mol. The van der Waals surface area contributed by atoms with Gasteiger partial charge in [0.1, 0.15) is 102 Å². The van der Waals surface area contributed by atoms with Gasteiger partial charge in [0.2, 0.25) is 94.5 Å². The Balaban J connectivity index is 1.65. The lowest BCUT2D eigenvalue weighted by molar-refractivity contribution is -0.141. The molecule has 1 fully saturated rings. The molecule has 0 aliphatic carbocycles. The zero-order valence-electron chi connectivity index (χ0n) is 68.8. The number of amides is 16. The van der Waals surface area contributed by atoms with Crippen LogP contribution >= 0.6 is 35.3 Å². The molecule has 5 rings (SSSR count). The van der Waals surface area contributed by atoms with E-state index in [4.69, 9.17) is 32.2 Å². The Kier molecular flexibility index (Phi) is 40.1. The monoisotopic (exact) mass is 1710 g/mol. The minimum atomic E-state index is -1.87. The van der Waals surface area contributed by atoms with Gasteiger partial charge >= 0.3 is 0 Å². The Morgan fingerprint density at radius 2 is 1.20 bits per heavy atom. The summed E-state index contributed by atoms with van der Waals surface area (Å²) >= 11 is 3.19. The molecule has 22 N–H and O–H groups in total. The van der Waals surface area contributed by atoms with Crippen LogP contribution in [-0.2, 0) is 100 Å². The number of nitrogens with one attached hydrogen (secondary N) is 14. The van der Waals surface area contributed by atoms with E-state index in [2.05, 4.69) is 79.4 Å². The van der Waals surface area contributed by atoms with Gasteiger partial charge in [0.25, 0.3) is 0 Å². The number of guanidine groups is 1. The number of benzene rings is 1. The summed E-state index contributed by atoms with van der Waals surface area (Å²) in [7, 11) is 0. The molecule has 0 unspecified atom stereocenters. The van der Waals surface area contributed by atoms with Crippen molar-refractivity contribution in [1.29, 1.82) is 0 Å². The maximum Gasteiger partial charge on any atom is 0.246 e. The van der Waals surface area contributed by atoms with E-state index in [0.717, 1.165) is 42.2 Å². The fraction of sp³-hybridized carbons (Fsp3) is 0.653. The first-order valence-electron chi connectivity index (χ1n) is 39.2. The largest absolute Gasteiger partial charge is 0.508 e. The van der Waals surface area contributed by atoms with Gasteiger partial charge in [0.15, 0.2) is 5.96 Å². The Labute approximate surface area is 698 Å². The van der Waals surface area contributed by atoms with Crippen molar-refractivity contribution >= 4 is 136 Å². The molecule has 3 aliphatic rings. The summed E-state index contributed by atoms with van der Waals surface area (Å²) in [6.45, 7) is 18.0. The molecule has 0 saturated carbocycles. The third-order valence-corrected chi connectivity index (χ3v) is 21.8. The van der Waals surface area contributed by atoms with Gasteiger partial charge in [-0.2, -0.15) is 35.3 Å². The maximum absolute atomic E-state index is 15.0. The lowest BCUT2D eigenvalue weighted by atomic mass is 9.87. The number of thioether (sulfide) groups is 3. The SMILES string of the molecule is CCC(=O)NCCCC[C@H](NC(=O)[C@@H]1CSCc2nc3nc(n2)CSC[C@H](NC(C)=O)C(=O)N2CCC[C@H]2C(=O)N[C@@H](Cc2ccc(O)cc2)C(=O)N[C@@H](C(C)C)C(=O)N[C@@H](C)C(=O)NCC(=O)N[C@@H](CCN=C(N)N)C(=O)N[C@H](C)C(=O)N[C@@H]([C@@H](C)O)C(=O)N[C@@H](CSC3)C(=O)N[C@@H](CC(C)C)C(=O)N[C@@H](CC(C)(C)C)C(=O)N1)C(N)=O.